The van der Waals surface area contributed by atoms with Crippen LogP contribution < -0.4 is 41.9 Å². The Bertz CT molecular complexity index is 4100. The summed E-state index contributed by atoms with van der Waals surface area (Å²) in [5.74, 6) is 3.48. The highest BCUT2D eigenvalue weighted by atomic mass is 28.3. The van der Waals surface area contributed by atoms with E-state index in [1.54, 1.807) is 0 Å². The first-order valence-electron chi connectivity index (χ1n) is 23.6. The Kier molecular flexibility index (Phi) is 8.09. The van der Waals surface area contributed by atoms with Gasteiger partial charge in [0.2, 0.25) is 11.9 Å². The third kappa shape index (κ3) is 5.34. The minimum absolute atomic E-state index is 0.0133. The Morgan fingerprint density at radius 1 is 0.377 bits per heavy atom. The normalized spacial score (nSPS) is 12.7. The van der Waals surface area contributed by atoms with Crippen LogP contribution in [0.2, 0.25) is 0 Å². The van der Waals surface area contributed by atoms with Crippen LogP contribution in [-0.4, -0.2) is 38.9 Å². The van der Waals surface area contributed by atoms with Crippen LogP contribution in [-0.2, 0) is 0 Å². The second-order valence-corrected chi connectivity index (χ2v) is 22.1. The minimum Gasteiger partial charge on any atom is -0.458 e. The van der Waals surface area contributed by atoms with Crippen molar-refractivity contribution < 1.29 is 4.74 Å². The zero-order chi connectivity index (χ0) is 45.2. The van der Waals surface area contributed by atoms with E-state index >= 15 is 0 Å². The van der Waals surface area contributed by atoms with Gasteiger partial charge < -0.3 is 4.74 Å². The Hall–Kier alpha value is -8.85. The second-order valence-electron chi connectivity index (χ2n) is 18.2. The molecule has 13 aromatic rings. The fraction of sp³-hybridized carbons (Fsp3) is 0. The molecule has 0 spiro atoms. The maximum Gasteiger partial charge on any atom is 0.252 e. The quantitative estimate of drug-likeness (QED) is 0.118. The molecule has 0 unspecified atom stereocenters. The average Bonchev–Trinajstić information content (AvgIpc) is 3.95. The van der Waals surface area contributed by atoms with Gasteiger partial charge in [0.25, 0.3) is 6.71 Å². The molecule has 2 aliphatic heterocycles. The number of aromatic nitrogens is 5. The molecular weight excluding hydrogens is 858 g/mol. The molecule has 2 aliphatic rings. The smallest absolute Gasteiger partial charge is 0.252 e. The molecular formula is C61H38BN5OSi. The monoisotopic (exact) mass is 895 g/mol. The fourth-order valence-corrected chi connectivity index (χ4v) is 16.8. The van der Waals surface area contributed by atoms with E-state index in [-0.39, 0.29) is 6.71 Å². The number of nitrogens with zero attached hydrogens (tertiary/aromatic N) is 5. The van der Waals surface area contributed by atoms with Gasteiger partial charge in [-0.15, -0.1) is 0 Å². The van der Waals surface area contributed by atoms with E-state index in [0.717, 1.165) is 49.9 Å². The predicted molar refractivity (Wildman–Crippen MR) is 286 cm³/mol. The van der Waals surface area contributed by atoms with E-state index in [0.29, 0.717) is 17.7 Å². The highest BCUT2D eigenvalue weighted by Gasteiger charge is 2.42. The molecule has 0 atom stereocenters. The number of fused-ring (bicyclic) bond motifs is 6. The summed E-state index contributed by atoms with van der Waals surface area (Å²) < 4.78 is 11.2. The third-order valence-corrected chi connectivity index (χ3v) is 19.6. The van der Waals surface area contributed by atoms with Crippen LogP contribution in [0.3, 0.4) is 0 Å². The Morgan fingerprint density at radius 3 is 1.59 bits per heavy atom. The highest BCUT2D eigenvalue weighted by Crippen LogP contribution is 2.42. The molecule has 0 saturated heterocycles. The van der Waals surface area contributed by atoms with E-state index in [9.17, 15) is 0 Å². The summed E-state index contributed by atoms with van der Waals surface area (Å²) in [5, 5.41) is 12.3. The van der Waals surface area contributed by atoms with Crippen LogP contribution in [0.25, 0.3) is 77.7 Å². The highest BCUT2D eigenvalue weighted by molar-refractivity contribution is 7.20. The molecule has 0 bridgehead atoms. The van der Waals surface area contributed by atoms with Crippen molar-refractivity contribution in [2.45, 2.75) is 0 Å². The van der Waals surface area contributed by atoms with Gasteiger partial charge in [0, 0.05) is 27.1 Å². The van der Waals surface area contributed by atoms with Crippen molar-refractivity contribution in [2.75, 3.05) is 0 Å². The van der Waals surface area contributed by atoms with E-state index in [1.807, 2.05) is 0 Å². The second kappa shape index (κ2) is 14.6. The van der Waals surface area contributed by atoms with E-state index < -0.39 is 8.07 Å². The Morgan fingerprint density at radius 2 is 0.913 bits per heavy atom. The molecule has 10 aromatic carbocycles. The minimum atomic E-state index is -2.90. The van der Waals surface area contributed by atoms with Gasteiger partial charge >= 0.3 is 0 Å². The van der Waals surface area contributed by atoms with Crippen LogP contribution in [0.4, 0.5) is 0 Å². The Labute approximate surface area is 398 Å². The summed E-state index contributed by atoms with van der Waals surface area (Å²) in [6.07, 6.45) is 0. The maximum absolute atomic E-state index is 6.76. The van der Waals surface area contributed by atoms with Gasteiger partial charge in [0.15, 0.2) is 13.9 Å². The predicted octanol–water partition coefficient (Wildman–Crippen LogP) is 9.20. The number of hydrogen-bond donors (Lipinski definition) is 0. The van der Waals surface area contributed by atoms with E-state index in [4.69, 9.17) is 19.7 Å². The average molecular weight is 896 g/mol. The first-order chi connectivity index (χ1) is 34.2. The zero-order valence-corrected chi connectivity index (χ0v) is 38.2. The van der Waals surface area contributed by atoms with Gasteiger partial charge in [-0.2, -0.15) is 15.0 Å². The van der Waals surface area contributed by atoms with Gasteiger partial charge in [-0.05, 0) is 78.8 Å². The van der Waals surface area contributed by atoms with Crippen molar-refractivity contribution in [3.63, 3.8) is 0 Å². The SMILES string of the molecule is c1ccc([Si](c2ccccc2)(c2ccccc2)c2cccc(-c3nc(-n4c5ccccc5c5ccccc54)nc(-n4c5ccc6c7c5c5c8c(cccc8ccc54)B7c4ccccc4O6)n3)c2)cc1. The fourth-order valence-electron chi connectivity index (χ4n) is 12.0. The molecule has 0 N–H and O–H groups in total. The summed E-state index contributed by atoms with van der Waals surface area (Å²) in [7, 11) is -2.90. The summed E-state index contributed by atoms with van der Waals surface area (Å²) in [6, 6.07) is 83.3. The van der Waals surface area contributed by atoms with Crippen molar-refractivity contribution in [3.05, 3.63) is 231 Å². The molecule has 15 rings (SSSR count). The molecule has 0 fully saturated rings. The lowest BCUT2D eigenvalue weighted by Gasteiger charge is -2.34. The van der Waals surface area contributed by atoms with Crippen LogP contribution >= 0.6 is 0 Å². The summed E-state index contributed by atoms with van der Waals surface area (Å²) >= 11 is 0. The summed E-state index contributed by atoms with van der Waals surface area (Å²) in [5.41, 5.74) is 8.70. The van der Waals surface area contributed by atoms with Gasteiger partial charge in [0.1, 0.15) is 11.5 Å². The first kappa shape index (κ1) is 38.3. The van der Waals surface area contributed by atoms with Crippen molar-refractivity contribution in [3.8, 4) is 34.8 Å². The zero-order valence-electron chi connectivity index (χ0n) is 37.2. The molecule has 8 heteroatoms. The molecule has 3 aromatic heterocycles. The van der Waals surface area contributed by atoms with Gasteiger partial charge in [-0.25, -0.2) is 0 Å². The molecule has 0 radical (unpaired) electrons. The number of hydrogen-bond acceptors (Lipinski definition) is 4. The van der Waals surface area contributed by atoms with E-state index in [1.165, 1.54) is 58.7 Å². The molecule has 0 saturated carbocycles. The molecule has 0 aliphatic carbocycles. The van der Waals surface area contributed by atoms with Crippen LogP contribution in [0, 0.1) is 0 Å². The van der Waals surface area contributed by atoms with Crippen molar-refractivity contribution in [1.82, 2.24) is 24.1 Å². The van der Waals surface area contributed by atoms with Gasteiger partial charge in [0.05, 0.1) is 22.1 Å². The van der Waals surface area contributed by atoms with Crippen LogP contribution in [0.15, 0.2) is 231 Å². The van der Waals surface area contributed by atoms with E-state index in [2.05, 4.69) is 240 Å². The largest absolute Gasteiger partial charge is 0.458 e. The van der Waals surface area contributed by atoms with Crippen molar-refractivity contribution in [2.24, 2.45) is 0 Å². The summed E-state index contributed by atoms with van der Waals surface area (Å²) in [4.78, 5) is 16.7. The molecule has 0 amide bonds. The lowest BCUT2D eigenvalue weighted by Crippen LogP contribution is -2.74. The summed E-state index contributed by atoms with van der Waals surface area (Å²) in [6.45, 7) is 0.0133. The topological polar surface area (TPSA) is 57.8 Å². The Balaban J connectivity index is 1.04. The maximum atomic E-state index is 6.76. The molecule has 6 nitrogen and oxygen atoms in total. The first-order valence-corrected chi connectivity index (χ1v) is 25.6. The lowest BCUT2D eigenvalue weighted by atomic mass is 9.33. The van der Waals surface area contributed by atoms with Crippen molar-refractivity contribution >= 4 is 106 Å². The van der Waals surface area contributed by atoms with Crippen molar-refractivity contribution in [1.29, 1.82) is 0 Å². The molecule has 69 heavy (non-hydrogen) atoms. The molecule has 320 valence electrons. The van der Waals surface area contributed by atoms with Crippen LogP contribution in [0.1, 0.15) is 0 Å². The van der Waals surface area contributed by atoms with Gasteiger partial charge in [-0.3, -0.25) is 9.13 Å². The third-order valence-electron chi connectivity index (χ3n) is 14.8. The standard InChI is InChI=1S/C61H38BN5OSi/c1-4-20-41(21-5-1)69(42-22-6-2-7-23-42,43-24-8-3-9-25-43)44-26-16-19-40(38-44)59-63-60(66-49-31-13-10-27-45(49)46-28-11-14-32-50(46)66)65-61(64-59)67-51-35-34-39-18-17-30-48-55(39)56(51)57-52(67)36-37-54-58(57)62(48)47-29-12-15-33-53(47)68-54/h1-38H. The number of para-hydroxylation sites is 3. The van der Waals surface area contributed by atoms with Gasteiger partial charge in [-0.1, -0.05) is 200 Å². The molecule has 5 heterocycles. The number of rotatable bonds is 7. The number of ether oxygens (including phenoxy) is 1. The van der Waals surface area contributed by atoms with Crippen LogP contribution in [0.5, 0.6) is 11.5 Å². The number of benzene rings is 10. The lowest BCUT2D eigenvalue weighted by molar-refractivity contribution is 0.488.